The number of benzene rings is 1. The molecule has 0 amide bonds. The first-order valence-corrected chi connectivity index (χ1v) is 10.8. The van der Waals surface area contributed by atoms with E-state index in [0.29, 0.717) is 29.4 Å². The minimum absolute atomic E-state index is 0.615. The second-order valence-electron chi connectivity index (χ2n) is 6.22. The fraction of sp³-hybridized carbons (Fsp3) is 0.182. The van der Waals surface area contributed by atoms with Crippen molar-refractivity contribution in [1.82, 2.24) is 14.6 Å². The molecule has 0 spiro atoms. The zero-order valence-corrected chi connectivity index (χ0v) is 20.1. The van der Waals surface area contributed by atoms with Crippen molar-refractivity contribution in [1.29, 1.82) is 0 Å². The summed E-state index contributed by atoms with van der Waals surface area (Å²) in [7, 11) is 3.25. The van der Waals surface area contributed by atoms with E-state index in [2.05, 4.69) is 48.9 Å². The monoisotopic (exact) mass is 532 g/mol. The predicted molar refractivity (Wildman–Crippen MR) is 129 cm³/mol. The molecule has 0 aliphatic rings. The highest BCUT2D eigenvalue weighted by molar-refractivity contribution is 9.11. The Hall–Kier alpha value is -2.58. The van der Waals surface area contributed by atoms with E-state index in [1.807, 2.05) is 43.4 Å². The maximum atomic E-state index is 5.65. The average Bonchev–Trinajstić information content (AvgIpc) is 3.14. The highest BCUT2D eigenvalue weighted by atomic mass is 79.9. The summed E-state index contributed by atoms with van der Waals surface area (Å²) in [4.78, 5) is 4.81. The molecule has 2 aromatic heterocycles. The first kappa shape index (κ1) is 22.1. The number of rotatable bonds is 8. The van der Waals surface area contributed by atoms with Gasteiger partial charge in [0.1, 0.15) is 17.3 Å². The lowest BCUT2D eigenvalue weighted by Gasteiger charge is -2.16. The van der Waals surface area contributed by atoms with Gasteiger partial charge in [-0.1, -0.05) is 30.9 Å². The van der Waals surface area contributed by atoms with Crippen LogP contribution in [0.15, 0.2) is 69.8 Å². The fourth-order valence-electron chi connectivity index (χ4n) is 2.98. The second kappa shape index (κ2) is 9.95. The van der Waals surface area contributed by atoms with Gasteiger partial charge in [-0.25, -0.2) is 4.98 Å². The van der Waals surface area contributed by atoms with Gasteiger partial charge >= 0.3 is 0 Å². The number of anilines is 1. The van der Waals surface area contributed by atoms with Crippen LogP contribution in [0.3, 0.4) is 0 Å². The standard InChI is InChI=1S/C22H22Br2N4O2/c1-5-7-8-14(6-2)12-25-19-11-17(27-22-16(24)13-26-28(19)22)20-18(29-3)10-9-15(23)21(20)30-4/h5-11,13,25H,1,12H2,2-4H3/b8-7-,14-6+. The van der Waals surface area contributed by atoms with E-state index >= 15 is 0 Å². The van der Waals surface area contributed by atoms with Crippen LogP contribution in [0.5, 0.6) is 11.5 Å². The second-order valence-corrected chi connectivity index (χ2v) is 7.93. The van der Waals surface area contributed by atoms with Crippen molar-refractivity contribution in [3.8, 4) is 22.8 Å². The van der Waals surface area contributed by atoms with Gasteiger partial charge < -0.3 is 14.8 Å². The van der Waals surface area contributed by atoms with Crippen molar-refractivity contribution in [3.05, 3.63) is 69.8 Å². The first-order valence-electron chi connectivity index (χ1n) is 9.17. The quantitative estimate of drug-likeness (QED) is 0.358. The molecule has 0 radical (unpaired) electrons. The van der Waals surface area contributed by atoms with Gasteiger partial charge in [0.15, 0.2) is 5.65 Å². The number of nitrogens with zero attached hydrogens (tertiary/aromatic N) is 3. The Bertz CT molecular complexity index is 1140. The molecule has 30 heavy (non-hydrogen) atoms. The number of methoxy groups -OCH3 is 2. The molecule has 3 rings (SSSR count). The van der Waals surface area contributed by atoms with Crippen molar-refractivity contribution >= 4 is 43.3 Å². The van der Waals surface area contributed by atoms with Crippen LogP contribution >= 0.6 is 31.9 Å². The summed E-state index contributed by atoms with van der Waals surface area (Å²) in [5.41, 5.74) is 3.25. The summed E-state index contributed by atoms with van der Waals surface area (Å²) in [6.07, 6.45) is 9.44. The Balaban J connectivity index is 2.15. The van der Waals surface area contributed by atoms with E-state index in [1.54, 1.807) is 31.0 Å². The highest BCUT2D eigenvalue weighted by Gasteiger charge is 2.20. The van der Waals surface area contributed by atoms with Crippen molar-refractivity contribution < 1.29 is 9.47 Å². The molecule has 0 bridgehead atoms. The molecule has 0 aliphatic heterocycles. The van der Waals surface area contributed by atoms with Gasteiger partial charge in [-0.15, -0.1) is 0 Å². The van der Waals surface area contributed by atoms with Crippen LogP contribution < -0.4 is 14.8 Å². The van der Waals surface area contributed by atoms with E-state index < -0.39 is 0 Å². The van der Waals surface area contributed by atoms with Crippen LogP contribution in [-0.2, 0) is 0 Å². The van der Waals surface area contributed by atoms with Crippen molar-refractivity contribution in [2.45, 2.75) is 6.92 Å². The Morgan fingerprint density at radius 3 is 2.70 bits per heavy atom. The topological polar surface area (TPSA) is 60.7 Å². The summed E-state index contributed by atoms with van der Waals surface area (Å²) in [5.74, 6) is 2.10. The molecule has 2 heterocycles. The molecule has 0 unspecified atom stereocenters. The lowest BCUT2D eigenvalue weighted by Crippen LogP contribution is -2.09. The SMILES string of the molecule is C=C/C=C\C(=C/C)CNc1cc(-c2c(OC)ccc(Br)c2OC)nc2c(Br)cnn12. The van der Waals surface area contributed by atoms with Gasteiger partial charge in [-0.05, 0) is 56.5 Å². The fourth-order valence-corrected chi connectivity index (χ4v) is 3.82. The highest BCUT2D eigenvalue weighted by Crippen LogP contribution is 2.43. The van der Waals surface area contributed by atoms with E-state index in [0.717, 1.165) is 25.9 Å². The van der Waals surface area contributed by atoms with Crippen molar-refractivity contribution in [3.63, 3.8) is 0 Å². The number of hydrogen-bond acceptors (Lipinski definition) is 5. The van der Waals surface area contributed by atoms with Gasteiger partial charge in [0.2, 0.25) is 0 Å². The number of ether oxygens (including phenoxy) is 2. The minimum atomic E-state index is 0.615. The maximum absolute atomic E-state index is 5.65. The predicted octanol–water partition coefficient (Wildman–Crippen LogP) is 6.04. The van der Waals surface area contributed by atoms with E-state index in [9.17, 15) is 0 Å². The molecule has 0 fully saturated rings. The third-order valence-electron chi connectivity index (χ3n) is 4.47. The largest absolute Gasteiger partial charge is 0.496 e. The Morgan fingerprint density at radius 1 is 1.23 bits per heavy atom. The molecular formula is C22H22Br2N4O2. The van der Waals surface area contributed by atoms with Crippen LogP contribution in [-0.4, -0.2) is 35.4 Å². The molecule has 8 heteroatoms. The average molecular weight is 534 g/mol. The third-order valence-corrected chi connectivity index (χ3v) is 5.66. The Kier molecular flexibility index (Phi) is 7.33. The molecule has 156 valence electrons. The molecule has 0 saturated heterocycles. The summed E-state index contributed by atoms with van der Waals surface area (Å²) < 4.78 is 14.6. The molecular weight excluding hydrogens is 512 g/mol. The molecule has 1 aromatic carbocycles. The minimum Gasteiger partial charge on any atom is -0.496 e. The van der Waals surface area contributed by atoms with Crippen LogP contribution in [0.1, 0.15) is 6.92 Å². The first-order chi connectivity index (χ1) is 14.5. The molecule has 0 saturated carbocycles. The Labute approximate surface area is 192 Å². The zero-order valence-electron chi connectivity index (χ0n) is 16.9. The van der Waals surface area contributed by atoms with Crippen LogP contribution in [0.2, 0.25) is 0 Å². The number of nitrogens with one attached hydrogen (secondary N) is 1. The number of halogens is 2. The van der Waals surface area contributed by atoms with Crippen molar-refractivity contribution in [2.24, 2.45) is 0 Å². The summed E-state index contributed by atoms with van der Waals surface area (Å²) in [6, 6.07) is 5.70. The van der Waals surface area contributed by atoms with E-state index in [4.69, 9.17) is 14.5 Å². The molecule has 6 nitrogen and oxygen atoms in total. The van der Waals surface area contributed by atoms with Gasteiger partial charge in [-0.3, -0.25) is 0 Å². The molecule has 1 N–H and O–H groups in total. The normalized spacial score (nSPS) is 11.8. The summed E-state index contributed by atoms with van der Waals surface area (Å²) >= 11 is 7.09. The summed E-state index contributed by atoms with van der Waals surface area (Å²) in [5, 5.41) is 7.89. The van der Waals surface area contributed by atoms with E-state index in [1.165, 1.54) is 0 Å². The Morgan fingerprint density at radius 2 is 2.03 bits per heavy atom. The zero-order chi connectivity index (χ0) is 21.7. The number of hydrogen-bond donors (Lipinski definition) is 1. The maximum Gasteiger partial charge on any atom is 0.172 e. The smallest absolute Gasteiger partial charge is 0.172 e. The van der Waals surface area contributed by atoms with Gasteiger partial charge in [0, 0.05) is 12.6 Å². The van der Waals surface area contributed by atoms with Crippen LogP contribution in [0.25, 0.3) is 16.9 Å². The molecule has 3 aromatic rings. The summed E-state index contributed by atoms with van der Waals surface area (Å²) in [6.45, 7) is 6.34. The number of aromatic nitrogens is 3. The van der Waals surface area contributed by atoms with Gasteiger partial charge in [0.25, 0.3) is 0 Å². The van der Waals surface area contributed by atoms with E-state index in [-0.39, 0.29) is 0 Å². The van der Waals surface area contributed by atoms with Crippen molar-refractivity contribution in [2.75, 3.05) is 26.1 Å². The van der Waals surface area contributed by atoms with Gasteiger partial charge in [0.05, 0.1) is 40.6 Å². The lowest BCUT2D eigenvalue weighted by molar-refractivity contribution is 0.395. The number of allylic oxidation sites excluding steroid dienone is 3. The van der Waals surface area contributed by atoms with Crippen LogP contribution in [0, 0.1) is 0 Å². The lowest BCUT2D eigenvalue weighted by atomic mass is 10.1. The molecule has 0 aliphatic carbocycles. The van der Waals surface area contributed by atoms with Crippen LogP contribution in [0.4, 0.5) is 5.82 Å². The third kappa shape index (κ3) is 4.44. The van der Waals surface area contributed by atoms with Gasteiger partial charge in [-0.2, -0.15) is 9.61 Å². The number of fused-ring (bicyclic) bond motifs is 1. The molecule has 0 atom stereocenters.